The zero-order chi connectivity index (χ0) is 18.1. The predicted octanol–water partition coefficient (Wildman–Crippen LogP) is 3.32. The molecule has 0 unspecified atom stereocenters. The second kappa shape index (κ2) is 6.78. The van der Waals surface area contributed by atoms with E-state index in [1.54, 1.807) is 14.2 Å². The van der Waals surface area contributed by atoms with Gasteiger partial charge in [-0.3, -0.25) is 4.79 Å². The molecule has 1 aliphatic rings. The number of aryl methyl sites for hydroxylation is 1. The molecule has 25 heavy (non-hydrogen) atoms. The molecule has 0 atom stereocenters. The van der Waals surface area contributed by atoms with Crippen LogP contribution in [0.3, 0.4) is 0 Å². The maximum Gasteiger partial charge on any atom is 0.259 e. The average molecular weight is 344 g/mol. The zero-order valence-electron chi connectivity index (χ0n) is 15.4. The number of amides is 1. The Balaban J connectivity index is 1.90. The van der Waals surface area contributed by atoms with Gasteiger partial charge in [-0.05, 0) is 36.6 Å². The molecule has 0 radical (unpaired) electrons. The number of benzene rings is 1. The molecule has 3 rings (SSSR count). The Morgan fingerprint density at radius 2 is 1.84 bits per heavy atom. The first-order chi connectivity index (χ1) is 12.0. The van der Waals surface area contributed by atoms with E-state index in [9.17, 15) is 4.79 Å². The molecule has 134 valence electrons. The SMILES string of the molecule is COc1cc2c(cc1OC)CN(C(=O)c1c(C)noc1C(C)C)CC2. The highest BCUT2D eigenvalue weighted by Crippen LogP contribution is 2.34. The summed E-state index contributed by atoms with van der Waals surface area (Å²) in [4.78, 5) is 14.9. The van der Waals surface area contributed by atoms with Gasteiger partial charge in [0.25, 0.3) is 5.91 Å². The van der Waals surface area contributed by atoms with Crippen LogP contribution in [0.5, 0.6) is 11.5 Å². The van der Waals surface area contributed by atoms with Crippen molar-refractivity contribution in [2.45, 2.75) is 39.7 Å². The first-order valence-corrected chi connectivity index (χ1v) is 8.45. The van der Waals surface area contributed by atoms with Gasteiger partial charge in [0, 0.05) is 19.0 Å². The lowest BCUT2D eigenvalue weighted by Crippen LogP contribution is -2.36. The molecule has 1 aromatic carbocycles. The molecule has 0 fully saturated rings. The summed E-state index contributed by atoms with van der Waals surface area (Å²) in [5.74, 6) is 2.14. The van der Waals surface area contributed by atoms with E-state index in [0.29, 0.717) is 35.9 Å². The van der Waals surface area contributed by atoms with E-state index in [-0.39, 0.29) is 11.8 Å². The molecule has 1 amide bonds. The van der Waals surface area contributed by atoms with Crippen LogP contribution in [0.2, 0.25) is 0 Å². The van der Waals surface area contributed by atoms with Crippen LogP contribution < -0.4 is 9.47 Å². The van der Waals surface area contributed by atoms with Gasteiger partial charge in [-0.2, -0.15) is 0 Å². The number of aromatic nitrogens is 1. The average Bonchev–Trinajstić information content (AvgIpc) is 3.01. The van der Waals surface area contributed by atoms with E-state index < -0.39 is 0 Å². The second-order valence-electron chi connectivity index (χ2n) is 6.61. The second-order valence-corrected chi connectivity index (χ2v) is 6.61. The number of rotatable bonds is 4. The van der Waals surface area contributed by atoms with Crippen LogP contribution in [0.15, 0.2) is 16.7 Å². The molecule has 0 saturated heterocycles. The fraction of sp³-hybridized carbons (Fsp3) is 0.474. The number of fused-ring (bicyclic) bond motifs is 1. The number of ether oxygens (including phenoxy) is 2. The fourth-order valence-corrected chi connectivity index (χ4v) is 3.26. The summed E-state index contributed by atoms with van der Waals surface area (Å²) in [5.41, 5.74) is 3.51. The molecule has 0 aliphatic carbocycles. The molecule has 1 aromatic heterocycles. The highest BCUT2D eigenvalue weighted by Gasteiger charge is 2.29. The lowest BCUT2D eigenvalue weighted by Gasteiger charge is -2.29. The van der Waals surface area contributed by atoms with Gasteiger partial charge in [-0.25, -0.2) is 0 Å². The summed E-state index contributed by atoms with van der Waals surface area (Å²) in [6, 6.07) is 3.96. The van der Waals surface area contributed by atoms with Crippen molar-refractivity contribution in [3.8, 4) is 11.5 Å². The largest absolute Gasteiger partial charge is 0.493 e. The molecule has 0 bridgehead atoms. The third-order valence-corrected chi connectivity index (χ3v) is 4.63. The molecule has 2 heterocycles. The third kappa shape index (κ3) is 3.08. The zero-order valence-corrected chi connectivity index (χ0v) is 15.4. The van der Waals surface area contributed by atoms with Crippen LogP contribution in [0.4, 0.5) is 0 Å². The van der Waals surface area contributed by atoms with Gasteiger partial charge in [0.1, 0.15) is 5.56 Å². The number of hydrogen-bond acceptors (Lipinski definition) is 5. The molecule has 6 nitrogen and oxygen atoms in total. The van der Waals surface area contributed by atoms with Crippen LogP contribution in [0, 0.1) is 6.92 Å². The van der Waals surface area contributed by atoms with Gasteiger partial charge < -0.3 is 18.9 Å². The van der Waals surface area contributed by atoms with E-state index >= 15 is 0 Å². The Morgan fingerprint density at radius 3 is 2.44 bits per heavy atom. The summed E-state index contributed by atoms with van der Waals surface area (Å²) in [5, 5.41) is 3.99. The van der Waals surface area contributed by atoms with Crippen LogP contribution in [0.25, 0.3) is 0 Å². The lowest BCUT2D eigenvalue weighted by atomic mass is 9.97. The first kappa shape index (κ1) is 17.3. The van der Waals surface area contributed by atoms with Crippen molar-refractivity contribution in [2.24, 2.45) is 0 Å². The van der Waals surface area contributed by atoms with Gasteiger partial charge >= 0.3 is 0 Å². The van der Waals surface area contributed by atoms with E-state index in [1.165, 1.54) is 5.56 Å². The quantitative estimate of drug-likeness (QED) is 0.851. The maximum atomic E-state index is 13.1. The van der Waals surface area contributed by atoms with Crippen LogP contribution >= 0.6 is 0 Å². The van der Waals surface area contributed by atoms with Gasteiger partial charge in [0.15, 0.2) is 17.3 Å². The summed E-state index contributed by atoms with van der Waals surface area (Å²) >= 11 is 0. The van der Waals surface area contributed by atoms with E-state index in [2.05, 4.69) is 5.16 Å². The third-order valence-electron chi connectivity index (χ3n) is 4.63. The Labute approximate surface area is 147 Å². The summed E-state index contributed by atoms with van der Waals surface area (Å²) in [6.07, 6.45) is 0.781. The molecule has 0 N–H and O–H groups in total. The van der Waals surface area contributed by atoms with Crippen LogP contribution in [0.1, 0.15) is 52.7 Å². The predicted molar refractivity (Wildman–Crippen MR) is 93.3 cm³/mol. The van der Waals surface area contributed by atoms with Crippen LogP contribution in [-0.4, -0.2) is 36.7 Å². The van der Waals surface area contributed by atoms with E-state index in [1.807, 2.05) is 37.8 Å². The first-order valence-electron chi connectivity index (χ1n) is 8.45. The molecule has 1 aliphatic heterocycles. The van der Waals surface area contributed by atoms with Crippen molar-refractivity contribution in [2.75, 3.05) is 20.8 Å². The Bertz CT molecular complexity index is 795. The van der Waals surface area contributed by atoms with Crippen molar-refractivity contribution >= 4 is 5.91 Å². The highest BCUT2D eigenvalue weighted by molar-refractivity contribution is 5.96. The summed E-state index contributed by atoms with van der Waals surface area (Å²) in [7, 11) is 3.25. The van der Waals surface area contributed by atoms with Gasteiger partial charge in [0.2, 0.25) is 0 Å². The molecule has 0 spiro atoms. The van der Waals surface area contributed by atoms with Gasteiger partial charge in [0.05, 0.1) is 19.9 Å². The van der Waals surface area contributed by atoms with E-state index in [0.717, 1.165) is 17.7 Å². The number of hydrogen-bond donors (Lipinski definition) is 0. The minimum Gasteiger partial charge on any atom is -0.493 e. The smallest absolute Gasteiger partial charge is 0.259 e. The summed E-state index contributed by atoms with van der Waals surface area (Å²) in [6.45, 7) is 7.01. The molecular weight excluding hydrogens is 320 g/mol. The van der Waals surface area contributed by atoms with E-state index in [4.69, 9.17) is 14.0 Å². The minimum absolute atomic E-state index is 0.0251. The van der Waals surface area contributed by atoms with Gasteiger partial charge in [-0.1, -0.05) is 19.0 Å². The molecule has 0 saturated carbocycles. The monoisotopic (exact) mass is 344 g/mol. The van der Waals surface area contributed by atoms with Crippen molar-refractivity contribution < 1.29 is 18.8 Å². The van der Waals surface area contributed by atoms with Crippen molar-refractivity contribution in [3.63, 3.8) is 0 Å². The standard InChI is InChI=1S/C19H24N2O4/c1-11(2)18-17(12(3)20-25-18)19(22)21-7-6-13-8-15(23-4)16(24-5)9-14(13)10-21/h8-9,11H,6-7,10H2,1-5H3. The van der Waals surface area contributed by atoms with Gasteiger partial charge in [-0.15, -0.1) is 0 Å². The van der Waals surface area contributed by atoms with Crippen molar-refractivity contribution in [1.82, 2.24) is 10.1 Å². The van der Waals surface area contributed by atoms with Crippen molar-refractivity contribution in [3.05, 3.63) is 40.3 Å². The Morgan fingerprint density at radius 1 is 1.20 bits per heavy atom. The topological polar surface area (TPSA) is 64.8 Å². The minimum atomic E-state index is -0.0251. The normalized spacial score (nSPS) is 13.8. The maximum absolute atomic E-state index is 13.1. The summed E-state index contributed by atoms with van der Waals surface area (Å²) < 4.78 is 16.1. The number of nitrogens with zero attached hydrogens (tertiary/aromatic N) is 2. The van der Waals surface area contributed by atoms with Crippen LogP contribution in [-0.2, 0) is 13.0 Å². The number of methoxy groups -OCH3 is 2. The number of carbonyl (C=O) groups is 1. The molecule has 6 heteroatoms. The highest BCUT2D eigenvalue weighted by atomic mass is 16.5. The number of carbonyl (C=O) groups excluding carboxylic acids is 1. The lowest BCUT2D eigenvalue weighted by molar-refractivity contribution is 0.0731. The fourth-order valence-electron chi connectivity index (χ4n) is 3.26. The molecular formula is C19H24N2O4. The van der Waals surface area contributed by atoms with Crippen molar-refractivity contribution in [1.29, 1.82) is 0 Å². The Hall–Kier alpha value is -2.50. The Kier molecular flexibility index (Phi) is 4.70. The molecule has 2 aromatic rings.